The molecule has 154 valence electrons. The zero-order valence-electron chi connectivity index (χ0n) is 16.2. The van der Waals surface area contributed by atoms with Crippen molar-refractivity contribution in [3.05, 3.63) is 23.5 Å². The second-order valence-corrected chi connectivity index (χ2v) is 9.42. The fraction of sp³-hybridized carbons (Fsp3) is 0.762. The molecule has 2 saturated heterocycles. The maximum atomic E-state index is 13.2. The molecule has 0 amide bonds. The van der Waals surface area contributed by atoms with Crippen LogP contribution in [0.1, 0.15) is 39.5 Å². The van der Waals surface area contributed by atoms with Crippen molar-refractivity contribution < 1.29 is 34.3 Å². The summed E-state index contributed by atoms with van der Waals surface area (Å²) >= 11 is 0. The van der Waals surface area contributed by atoms with E-state index in [-0.39, 0.29) is 18.5 Å². The van der Waals surface area contributed by atoms with Gasteiger partial charge in [0.15, 0.2) is 0 Å². The second-order valence-electron chi connectivity index (χ2n) is 9.42. The van der Waals surface area contributed by atoms with Crippen molar-refractivity contribution >= 4 is 5.97 Å². The first kappa shape index (κ1) is 18.6. The smallest absolute Gasteiger partial charge is 0.310 e. The maximum Gasteiger partial charge on any atom is 0.310 e. The number of hydrogen-bond acceptors (Lipinski definition) is 7. The molecule has 3 heterocycles. The Hall–Kier alpha value is -1.41. The Bertz CT molecular complexity index is 760. The van der Waals surface area contributed by atoms with Crippen molar-refractivity contribution in [2.75, 3.05) is 6.61 Å². The molecule has 9 atom stereocenters. The Kier molecular flexibility index (Phi) is 4.02. The highest BCUT2D eigenvalue weighted by Gasteiger charge is 2.60. The van der Waals surface area contributed by atoms with Crippen LogP contribution in [0.15, 0.2) is 23.5 Å². The third-order valence-corrected chi connectivity index (χ3v) is 7.77. The molecule has 7 nitrogen and oxygen atoms in total. The minimum absolute atomic E-state index is 0.217. The molecule has 28 heavy (non-hydrogen) atoms. The zero-order chi connectivity index (χ0) is 19.8. The number of hydrogen-bond donors (Lipinski definition) is 3. The van der Waals surface area contributed by atoms with Gasteiger partial charge in [0.1, 0.15) is 6.10 Å². The largest absolute Gasteiger partial charge is 0.469 e. The van der Waals surface area contributed by atoms with Crippen LogP contribution >= 0.6 is 0 Å². The molecule has 0 radical (unpaired) electrons. The van der Waals surface area contributed by atoms with Crippen LogP contribution in [0.25, 0.3) is 0 Å². The van der Waals surface area contributed by atoms with Gasteiger partial charge in [-0.15, -0.1) is 0 Å². The van der Waals surface area contributed by atoms with Crippen molar-refractivity contribution in [3.63, 3.8) is 0 Å². The molecule has 5 aliphatic rings. The number of esters is 1. The Labute approximate surface area is 164 Å². The van der Waals surface area contributed by atoms with E-state index in [1.807, 2.05) is 19.9 Å². The lowest BCUT2D eigenvalue weighted by atomic mass is 9.54. The van der Waals surface area contributed by atoms with Crippen LogP contribution in [-0.4, -0.2) is 58.1 Å². The molecule has 3 aliphatic heterocycles. The number of aliphatic hydroxyl groups is 3. The van der Waals surface area contributed by atoms with Crippen LogP contribution in [-0.2, 0) is 19.0 Å². The van der Waals surface area contributed by atoms with Crippen LogP contribution in [0.2, 0.25) is 0 Å². The predicted octanol–water partition coefficient (Wildman–Crippen LogP) is 1.02. The van der Waals surface area contributed by atoms with Crippen LogP contribution in [0.4, 0.5) is 0 Å². The molecule has 1 saturated carbocycles. The summed E-state index contributed by atoms with van der Waals surface area (Å²) in [6.45, 7) is 4.11. The maximum absolute atomic E-state index is 13.2. The Morgan fingerprint density at radius 2 is 1.89 bits per heavy atom. The van der Waals surface area contributed by atoms with E-state index in [0.717, 1.165) is 11.1 Å². The van der Waals surface area contributed by atoms with Crippen molar-refractivity contribution in [1.82, 2.24) is 0 Å². The molecule has 3 N–H and O–H groups in total. The monoisotopic (exact) mass is 392 g/mol. The summed E-state index contributed by atoms with van der Waals surface area (Å²) in [5, 5.41) is 31.8. The van der Waals surface area contributed by atoms with Crippen molar-refractivity contribution in [2.24, 2.45) is 23.2 Å². The fourth-order valence-corrected chi connectivity index (χ4v) is 6.36. The summed E-state index contributed by atoms with van der Waals surface area (Å²) < 4.78 is 17.4. The highest BCUT2D eigenvalue weighted by atomic mass is 16.7. The first-order chi connectivity index (χ1) is 13.2. The Balaban J connectivity index is 1.55. The third-order valence-electron chi connectivity index (χ3n) is 7.77. The fourth-order valence-electron chi connectivity index (χ4n) is 6.36. The number of carbonyl (C=O) groups is 1. The van der Waals surface area contributed by atoms with Gasteiger partial charge < -0.3 is 29.5 Å². The van der Waals surface area contributed by atoms with Crippen LogP contribution in [0, 0.1) is 23.2 Å². The Morgan fingerprint density at radius 1 is 1.11 bits per heavy atom. The Morgan fingerprint density at radius 3 is 2.68 bits per heavy atom. The average Bonchev–Trinajstić information content (AvgIpc) is 3.12. The van der Waals surface area contributed by atoms with Crippen LogP contribution < -0.4 is 0 Å². The van der Waals surface area contributed by atoms with Crippen LogP contribution in [0.5, 0.6) is 0 Å². The molecule has 0 aromatic heterocycles. The van der Waals surface area contributed by atoms with Crippen LogP contribution in [0.3, 0.4) is 0 Å². The summed E-state index contributed by atoms with van der Waals surface area (Å²) in [6.07, 6.45) is 2.29. The van der Waals surface area contributed by atoms with Gasteiger partial charge in [-0.2, -0.15) is 0 Å². The molecule has 0 aromatic rings. The predicted molar refractivity (Wildman–Crippen MR) is 96.6 cm³/mol. The summed E-state index contributed by atoms with van der Waals surface area (Å²) in [5.41, 5.74) is 1.35. The number of fused-ring (bicyclic) bond motifs is 3. The van der Waals surface area contributed by atoms with E-state index in [1.54, 1.807) is 6.26 Å². The second kappa shape index (κ2) is 6.05. The summed E-state index contributed by atoms with van der Waals surface area (Å²) in [7, 11) is 0. The van der Waals surface area contributed by atoms with Crippen molar-refractivity contribution in [3.8, 4) is 0 Å². The van der Waals surface area contributed by atoms with Gasteiger partial charge in [0.2, 0.25) is 5.79 Å². The van der Waals surface area contributed by atoms with Gasteiger partial charge in [0, 0.05) is 12.8 Å². The SMILES string of the molecule is C[C@]12OC=C3C[C@@H](O)[C@H]4[C@H](CC=C5C[C@@H](O)[C@H](O)C[C@@]54C)C(=O)O[C@H](CO1)[C@@H]32. The lowest BCUT2D eigenvalue weighted by molar-refractivity contribution is -0.165. The molecule has 0 spiro atoms. The number of allylic oxidation sites excluding steroid dienone is 1. The lowest BCUT2D eigenvalue weighted by Crippen LogP contribution is -2.53. The molecule has 3 fully saturated rings. The van der Waals surface area contributed by atoms with E-state index in [2.05, 4.69) is 0 Å². The van der Waals surface area contributed by atoms with E-state index >= 15 is 0 Å². The molecular weight excluding hydrogens is 364 g/mol. The zero-order valence-corrected chi connectivity index (χ0v) is 16.2. The molecule has 0 unspecified atom stereocenters. The van der Waals surface area contributed by atoms with E-state index in [9.17, 15) is 20.1 Å². The van der Waals surface area contributed by atoms with E-state index in [4.69, 9.17) is 14.2 Å². The minimum atomic E-state index is -0.873. The van der Waals surface area contributed by atoms with Gasteiger partial charge in [-0.3, -0.25) is 4.79 Å². The first-order valence-electron chi connectivity index (χ1n) is 10.2. The molecule has 0 aromatic carbocycles. The summed E-state index contributed by atoms with van der Waals surface area (Å²) in [5.74, 6) is -2.28. The first-order valence-corrected chi connectivity index (χ1v) is 10.2. The third kappa shape index (κ3) is 2.46. The molecule has 5 rings (SSSR count). The van der Waals surface area contributed by atoms with Gasteiger partial charge in [0.05, 0.1) is 43.0 Å². The highest BCUT2D eigenvalue weighted by Crippen LogP contribution is 2.56. The number of ether oxygens (including phenoxy) is 3. The highest BCUT2D eigenvalue weighted by molar-refractivity contribution is 5.74. The topological polar surface area (TPSA) is 105 Å². The van der Waals surface area contributed by atoms with Gasteiger partial charge in [0.25, 0.3) is 0 Å². The van der Waals surface area contributed by atoms with Gasteiger partial charge in [-0.1, -0.05) is 18.6 Å². The van der Waals surface area contributed by atoms with E-state index in [0.29, 0.717) is 25.7 Å². The van der Waals surface area contributed by atoms with E-state index in [1.165, 1.54) is 0 Å². The van der Waals surface area contributed by atoms with Gasteiger partial charge in [-0.05, 0) is 36.7 Å². The molecule has 7 heteroatoms. The summed E-state index contributed by atoms with van der Waals surface area (Å²) in [4.78, 5) is 13.2. The number of aliphatic hydroxyl groups excluding tert-OH is 3. The van der Waals surface area contributed by atoms with Crippen molar-refractivity contribution in [2.45, 2.75) is 69.7 Å². The minimum Gasteiger partial charge on any atom is -0.469 e. The van der Waals surface area contributed by atoms with Gasteiger partial charge >= 0.3 is 5.97 Å². The average molecular weight is 392 g/mol. The molecule has 2 aliphatic carbocycles. The number of rotatable bonds is 0. The number of carbonyl (C=O) groups excluding carboxylic acids is 1. The summed E-state index contributed by atoms with van der Waals surface area (Å²) in [6, 6.07) is 0. The quantitative estimate of drug-likeness (QED) is 0.418. The van der Waals surface area contributed by atoms with Crippen molar-refractivity contribution in [1.29, 1.82) is 0 Å². The van der Waals surface area contributed by atoms with Gasteiger partial charge in [-0.25, -0.2) is 0 Å². The standard InChI is InChI=1S/C21H28O7/c1-20-7-15(24)13(22)6-11(20)3-4-12-18(20)14(23)5-10-8-26-21(2)17(10)16(9-27-21)28-19(12)25/h3,8,12-18,22-24H,4-7,9H2,1-2H3/t12-,13+,14+,15+,16+,17+,18+,20-,21-/m0/s1. The molecular formula is C21H28O7. The molecule has 0 bridgehead atoms. The van der Waals surface area contributed by atoms with E-state index < -0.39 is 47.5 Å². The normalized spacial score (nSPS) is 52.6. The lowest BCUT2D eigenvalue weighted by Gasteiger charge is -2.52.